The molecule has 3 rings (SSSR count). The van der Waals surface area contributed by atoms with Crippen LogP contribution in [0.4, 0.5) is 0 Å². The van der Waals surface area contributed by atoms with Crippen LogP contribution in [-0.2, 0) is 11.8 Å². The van der Waals surface area contributed by atoms with E-state index in [0.29, 0.717) is 0 Å². The number of carbonyl (C=O) groups excluding carboxylic acids is 1. The van der Waals surface area contributed by atoms with Crippen LogP contribution in [0.1, 0.15) is 43.1 Å². The van der Waals surface area contributed by atoms with Gasteiger partial charge in [0, 0.05) is 26.2 Å². The van der Waals surface area contributed by atoms with E-state index in [1.54, 1.807) is 6.92 Å². The van der Waals surface area contributed by atoms with Crippen molar-refractivity contribution in [2.24, 2.45) is 7.05 Å². The van der Waals surface area contributed by atoms with Crippen LogP contribution < -0.4 is 0 Å². The van der Waals surface area contributed by atoms with Crippen LogP contribution in [0.3, 0.4) is 0 Å². The predicted octanol–water partition coefficient (Wildman–Crippen LogP) is 2.18. The number of aromatic nitrogens is 4. The van der Waals surface area contributed by atoms with Gasteiger partial charge in [-0.15, -0.1) is 0 Å². The SMILES string of the molecule is CC(=O)N1CCCC1c1nc(C)cc(-c2cnc(C)n2C)n1. The second-order valence-electron chi connectivity index (χ2n) is 5.87. The van der Waals surface area contributed by atoms with E-state index in [1.165, 1.54) is 0 Å². The van der Waals surface area contributed by atoms with Crippen molar-refractivity contribution in [3.63, 3.8) is 0 Å². The van der Waals surface area contributed by atoms with E-state index >= 15 is 0 Å². The molecule has 1 atom stereocenters. The van der Waals surface area contributed by atoms with Gasteiger partial charge in [0.25, 0.3) is 0 Å². The molecule has 6 heteroatoms. The average Bonchev–Trinajstić information content (AvgIpc) is 3.07. The highest BCUT2D eigenvalue weighted by Crippen LogP contribution is 2.31. The maximum Gasteiger partial charge on any atom is 0.220 e. The predicted molar refractivity (Wildman–Crippen MR) is 83.1 cm³/mol. The molecule has 116 valence electrons. The molecule has 1 aliphatic heterocycles. The summed E-state index contributed by atoms with van der Waals surface area (Å²) in [7, 11) is 1.98. The topological polar surface area (TPSA) is 63.9 Å². The van der Waals surface area contributed by atoms with Crippen LogP contribution in [0.2, 0.25) is 0 Å². The van der Waals surface area contributed by atoms with Gasteiger partial charge in [-0.1, -0.05) is 0 Å². The summed E-state index contributed by atoms with van der Waals surface area (Å²) in [6, 6.07) is 1.96. The van der Waals surface area contributed by atoms with Gasteiger partial charge in [0.15, 0.2) is 5.82 Å². The molecule has 0 spiro atoms. The number of hydrogen-bond acceptors (Lipinski definition) is 4. The van der Waals surface area contributed by atoms with Crippen LogP contribution in [0.5, 0.6) is 0 Å². The summed E-state index contributed by atoms with van der Waals surface area (Å²) < 4.78 is 2.02. The molecular weight excluding hydrogens is 278 g/mol. The first-order valence-corrected chi connectivity index (χ1v) is 7.59. The minimum Gasteiger partial charge on any atom is -0.333 e. The lowest BCUT2D eigenvalue weighted by molar-refractivity contribution is -0.129. The Balaban J connectivity index is 2.04. The fourth-order valence-electron chi connectivity index (χ4n) is 3.02. The first kappa shape index (κ1) is 14.7. The fraction of sp³-hybridized carbons (Fsp3) is 0.500. The van der Waals surface area contributed by atoms with Crippen molar-refractivity contribution in [2.75, 3.05) is 6.54 Å². The van der Waals surface area contributed by atoms with Crippen LogP contribution in [0, 0.1) is 13.8 Å². The van der Waals surface area contributed by atoms with Gasteiger partial charge in [-0.05, 0) is 32.8 Å². The number of carbonyl (C=O) groups is 1. The lowest BCUT2D eigenvalue weighted by Gasteiger charge is -2.22. The number of imidazole rings is 1. The Morgan fingerprint density at radius 3 is 2.73 bits per heavy atom. The maximum atomic E-state index is 11.8. The highest BCUT2D eigenvalue weighted by molar-refractivity contribution is 5.74. The molecule has 22 heavy (non-hydrogen) atoms. The van der Waals surface area contributed by atoms with Crippen LogP contribution in [-0.4, -0.2) is 36.9 Å². The second-order valence-corrected chi connectivity index (χ2v) is 5.87. The summed E-state index contributed by atoms with van der Waals surface area (Å²) >= 11 is 0. The highest BCUT2D eigenvalue weighted by atomic mass is 16.2. The Morgan fingerprint density at radius 1 is 1.32 bits per heavy atom. The van der Waals surface area contributed by atoms with E-state index in [4.69, 9.17) is 4.98 Å². The number of hydrogen-bond donors (Lipinski definition) is 0. The number of aryl methyl sites for hydroxylation is 2. The van der Waals surface area contributed by atoms with Gasteiger partial charge >= 0.3 is 0 Å². The molecule has 2 aromatic heterocycles. The maximum absolute atomic E-state index is 11.8. The Hall–Kier alpha value is -2.24. The van der Waals surface area contributed by atoms with Crippen LogP contribution in [0.25, 0.3) is 11.4 Å². The zero-order valence-electron chi connectivity index (χ0n) is 13.5. The molecule has 1 saturated heterocycles. The van der Waals surface area contributed by atoms with Gasteiger partial charge in [-0.25, -0.2) is 15.0 Å². The number of likely N-dealkylation sites (tertiary alicyclic amines) is 1. The van der Waals surface area contributed by atoms with E-state index in [0.717, 1.165) is 48.1 Å². The molecule has 0 bridgehead atoms. The molecule has 2 aromatic rings. The Morgan fingerprint density at radius 2 is 2.09 bits per heavy atom. The zero-order chi connectivity index (χ0) is 15.9. The smallest absolute Gasteiger partial charge is 0.220 e. The monoisotopic (exact) mass is 299 g/mol. The molecule has 0 saturated carbocycles. The summed E-state index contributed by atoms with van der Waals surface area (Å²) in [6.07, 6.45) is 3.76. The Labute approximate surface area is 130 Å². The van der Waals surface area contributed by atoms with Gasteiger partial charge in [0.2, 0.25) is 5.91 Å². The average molecular weight is 299 g/mol. The molecule has 0 radical (unpaired) electrons. The van der Waals surface area contributed by atoms with Gasteiger partial charge in [0.05, 0.1) is 23.6 Å². The highest BCUT2D eigenvalue weighted by Gasteiger charge is 2.30. The second kappa shape index (κ2) is 5.51. The molecular formula is C16H21N5O. The van der Waals surface area contributed by atoms with E-state index in [1.807, 2.05) is 42.6 Å². The lowest BCUT2D eigenvalue weighted by atomic mass is 10.2. The van der Waals surface area contributed by atoms with Crippen molar-refractivity contribution in [1.29, 1.82) is 0 Å². The van der Waals surface area contributed by atoms with Crippen molar-refractivity contribution < 1.29 is 4.79 Å². The van der Waals surface area contributed by atoms with Crippen LogP contribution >= 0.6 is 0 Å². The van der Waals surface area contributed by atoms with Crippen molar-refractivity contribution in [3.05, 3.63) is 29.6 Å². The molecule has 6 nitrogen and oxygen atoms in total. The Bertz CT molecular complexity index is 721. The van der Waals surface area contributed by atoms with Gasteiger partial charge in [-0.3, -0.25) is 4.79 Å². The lowest BCUT2D eigenvalue weighted by Crippen LogP contribution is -2.29. The first-order valence-electron chi connectivity index (χ1n) is 7.59. The molecule has 0 aromatic carbocycles. The fourth-order valence-corrected chi connectivity index (χ4v) is 3.02. The van der Waals surface area contributed by atoms with Crippen molar-refractivity contribution in [2.45, 2.75) is 39.7 Å². The molecule has 3 heterocycles. The first-order chi connectivity index (χ1) is 10.5. The quantitative estimate of drug-likeness (QED) is 0.852. The molecule has 0 aliphatic carbocycles. The van der Waals surface area contributed by atoms with E-state index < -0.39 is 0 Å². The third kappa shape index (κ3) is 2.49. The largest absolute Gasteiger partial charge is 0.333 e. The van der Waals surface area contributed by atoms with Crippen molar-refractivity contribution in [1.82, 2.24) is 24.4 Å². The third-order valence-electron chi connectivity index (χ3n) is 4.31. The standard InChI is InChI=1S/C16H21N5O/c1-10-8-13(15-9-17-11(2)20(15)4)19-16(18-10)14-6-5-7-21(14)12(3)22/h8-9,14H,5-7H2,1-4H3. The molecule has 1 aliphatic rings. The third-order valence-corrected chi connectivity index (χ3v) is 4.31. The normalized spacial score (nSPS) is 18.0. The van der Waals surface area contributed by atoms with E-state index in [-0.39, 0.29) is 11.9 Å². The van der Waals surface area contributed by atoms with Gasteiger partial charge < -0.3 is 9.47 Å². The minimum atomic E-state index is -0.00882. The summed E-state index contributed by atoms with van der Waals surface area (Å²) in [6.45, 7) is 6.33. The molecule has 0 N–H and O–H groups in total. The summed E-state index contributed by atoms with van der Waals surface area (Å²) in [5, 5.41) is 0. The summed E-state index contributed by atoms with van der Waals surface area (Å²) in [4.78, 5) is 27.3. The molecule has 1 fully saturated rings. The summed E-state index contributed by atoms with van der Waals surface area (Å²) in [5.41, 5.74) is 2.74. The number of rotatable bonds is 2. The van der Waals surface area contributed by atoms with Gasteiger partial charge in [-0.2, -0.15) is 0 Å². The number of amides is 1. The van der Waals surface area contributed by atoms with Crippen molar-refractivity contribution in [3.8, 4) is 11.4 Å². The van der Waals surface area contributed by atoms with E-state index in [9.17, 15) is 4.79 Å². The zero-order valence-corrected chi connectivity index (χ0v) is 13.5. The van der Waals surface area contributed by atoms with E-state index in [2.05, 4.69) is 9.97 Å². The molecule has 1 amide bonds. The number of nitrogens with zero attached hydrogens (tertiary/aromatic N) is 5. The van der Waals surface area contributed by atoms with Crippen molar-refractivity contribution >= 4 is 5.91 Å². The van der Waals surface area contributed by atoms with Crippen LogP contribution in [0.15, 0.2) is 12.3 Å². The minimum absolute atomic E-state index is 0.00882. The summed E-state index contributed by atoms with van der Waals surface area (Å²) in [5.74, 6) is 1.77. The molecule has 1 unspecified atom stereocenters. The van der Waals surface area contributed by atoms with Gasteiger partial charge in [0.1, 0.15) is 5.82 Å². The Kier molecular flexibility index (Phi) is 3.68.